The normalized spacial score (nSPS) is 15.6. The molecule has 1 aliphatic heterocycles. The number of carbonyl (C=O) groups is 2. The lowest BCUT2D eigenvalue weighted by molar-refractivity contribution is -0.131. The number of hydrogen-bond acceptors (Lipinski definition) is 7. The Bertz CT molecular complexity index is 2000. The topological polar surface area (TPSA) is 125 Å². The van der Waals surface area contributed by atoms with Gasteiger partial charge >= 0.3 is 0 Å². The maximum Gasteiger partial charge on any atom is 0.264 e. The zero-order chi connectivity index (χ0) is 34.8. The fourth-order valence-corrected chi connectivity index (χ4v) is 8.03. The number of sulfonamides is 1. The number of amides is 2. The largest absolute Gasteiger partial charge is 0.337 e. The molecule has 1 N–H and O–H groups in total. The lowest BCUT2D eigenvalue weighted by Crippen LogP contribution is -2.40. The van der Waals surface area contributed by atoms with Gasteiger partial charge in [-0.3, -0.25) is 19.5 Å². The number of aliphatic imine (C=N–C) groups is 1. The molecule has 256 valence electrons. The predicted molar refractivity (Wildman–Crippen MR) is 190 cm³/mol. The van der Waals surface area contributed by atoms with E-state index in [1.54, 1.807) is 62.2 Å². The van der Waals surface area contributed by atoms with E-state index in [0.29, 0.717) is 34.5 Å². The average molecular weight is 682 g/mol. The maximum absolute atomic E-state index is 13.9. The number of nitrogens with zero attached hydrogens (tertiary/aromatic N) is 4. The van der Waals surface area contributed by atoms with Crippen LogP contribution in [-0.2, 0) is 27.9 Å². The van der Waals surface area contributed by atoms with Gasteiger partial charge < -0.3 is 9.42 Å². The van der Waals surface area contributed by atoms with Crippen LogP contribution in [0.5, 0.6) is 0 Å². The number of rotatable bonds is 12. The van der Waals surface area contributed by atoms with Gasteiger partial charge in [-0.05, 0) is 68.0 Å². The summed E-state index contributed by atoms with van der Waals surface area (Å²) in [6.07, 6.45) is 6.24. The second-order valence-corrected chi connectivity index (χ2v) is 14.8. The van der Waals surface area contributed by atoms with Crippen molar-refractivity contribution in [2.24, 2.45) is 4.99 Å². The molecule has 1 aliphatic carbocycles. The van der Waals surface area contributed by atoms with Crippen molar-refractivity contribution in [3.05, 3.63) is 101 Å². The lowest BCUT2D eigenvalue weighted by Gasteiger charge is -2.24. The minimum atomic E-state index is -4.10. The molecule has 2 amide bonds. The Kier molecular flexibility index (Phi) is 9.74. The summed E-state index contributed by atoms with van der Waals surface area (Å²) in [6.45, 7) is 6.16. The standard InChI is InChI=1S/C38H43N5O5S/c1-5-6-18-34-39-38(21-12-13-22-38)37(45)43(34)24-28-19-20-31(30(23-28)25-42(4)36(44)29-14-8-7-9-15-29)32-16-10-11-17-33(32)49(46,47)41-35-26(2)27(3)40-48-35/h7-11,14-17,19-20,23,41H,5-6,12-13,18,21-22,24-25H2,1-4H3. The summed E-state index contributed by atoms with van der Waals surface area (Å²) in [7, 11) is -2.37. The Morgan fingerprint density at radius 2 is 1.71 bits per heavy atom. The molecule has 1 spiro atoms. The van der Waals surface area contributed by atoms with E-state index >= 15 is 0 Å². The number of anilines is 1. The van der Waals surface area contributed by atoms with Crippen LogP contribution in [0.15, 0.2) is 87.2 Å². The molecule has 11 heteroatoms. The third kappa shape index (κ3) is 6.90. The molecule has 2 aliphatic rings. The molecule has 1 fully saturated rings. The molecule has 0 radical (unpaired) electrons. The lowest BCUT2D eigenvalue weighted by atomic mass is 9.95. The van der Waals surface area contributed by atoms with Crippen molar-refractivity contribution < 1.29 is 22.5 Å². The fraction of sp³-hybridized carbons (Fsp3) is 0.368. The molecule has 0 unspecified atom stereocenters. The summed E-state index contributed by atoms with van der Waals surface area (Å²) < 4.78 is 35.5. The third-order valence-electron chi connectivity index (χ3n) is 9.62. The molecule has 6 rings (SSSR count). The van der Waals surface area contributed by atoms with Gasteiger partial charge in [0.15, 0.2) is 0 Å². The molecular formula is C38H43N5O5S. The number of benzene rings is 3. The zero-order valence-corrected chi connectivity index (χ0v) is 29.3. The molecule has 0 saturated heterocycles. The van der Waals surface area contributed by atoms with Gasteiger partial charge in [0.25, 0.3) is 21.8 Å². The SMILES string of the molecule is CCCCC1=NC2(CCCC2)C(=O)N1Cc1ccc(-c2ccccc2S(=O)(=O)Nc2onc(C)c2C)c(CN(C)C(=O)c2ccccc2)c1. The Labute approximate surface area is 288 Å². The number of unbranched alkanes of at least 4 members (excludes halogenated alkanes) is 1. The number of aryl methyl sites for hydroxylation is 1. The summed E-state index contributed by atoms with van der Waals surface area (Å²) in [5.41, 5.74) is 3.84. The van der Waals surface area contributed by atoms with Gasteiger partial charge in [0.2, 0.25) is 5.88 Å². The van der Waals surface area contributed by atoms with Gasteiger partial charge in [-0.25, -0.2) is 13.1 Å². The van der Waals surface area contributed by atoms with E-state index in [0.717, 1.165) is 61.9 Å². The van der Waals surface area contributed by atoms with Crippen molar-refractivity contribution >= 4 is 33.6 Å². The molecular weight excluding hydrogens is 639 g/mol. The zero-order valence-electron chi connectivity index (χ0n) is 28.5. The molecule has 10 nitrogen and oxygen atoms in total. The Hall–Kier alpha value is -4.77. The van der Waals surface area contributed by atoms with Gasteiger partial charge in [0.05, 0.1) is 17.1 Å². The summed E-state index contributed by atoms with van der Waals surface area (Å²) in [5, 5.41) is 3.89. The van der Waals surface area contributed by atoms with Crippen LogP contribution < -0.4 is 4.72 Å². The van der Waals surface area contributed by atoms with E-state index in [1.165, 1.54) is 0 Å². The second-order valence-electron chi connectivity index (χ2n) is 13.1. The van der Waals surface area contributed by atoms with E-state index in [4.69, 9.17) is 9.52 Å². The number of nitrogens with one attached hydrogen (secondary N) is 1. The number of aromatic nitrogens is 1. The summed E-state index contributed by atoms with van der Waals surface area (Å²) >= 11 is 0. The second kappa shape index (κ2) is 14.0. The van der Waals surface area contributed by atoms with Crippen molar-refractivity contribution in [1.82, 2.24) is 15.0 Å². The molecule has 0 atom stereocenters. The van der Waals surface area contributed by atoms with Gasteiger partial charge in [-0.2, -0.15) is 0 Å². The van der Waals surface area contributed by atoms with Crippen LogP contribution in [0.3, 0.4) is 0 Å². The first-order valence-corrected chi connectivity index (χ1v) is 18.4. The predicted octanol–water partition coefficient (Wildman–Crippen LogP) is 7.28. The van der Waals surface area contributed by atoms with E-state index in [1.807, 2.05) is 41.3 Å². The van der Waals surface area contributed by atoms with Crippen LogP contribution in [0.1, 0.15) is 84.6 Å². The first-order chi connectivity index (χ1) is 23.5. The van der Waals surface area contributed by atoms with Crippen molar-refractivity contribution in [3.63, 3.8) is 0 Å². The highest BCUT2D eigenvalue weighted by Crippen LogP contribution is 2.40. The summed E-state index contributed by atoms with van der Waals surface area (Å²) in [5.74, 6) is 0.810. The summed E-state index contributed by atoms with van der Waals surface area (Å²) in [6, 6.07) is 21.6. The summed E-state index contributed by atoms with van der Waals surface area (Å²) in [4.78, 5) is 36.0. The Balaban J connectivity index is 1.39. The quantitative estimate of drug-likeness (QED) is 0.168. The van der Waals surface area contributed by atoms with Crippen molar-refractivity contribution in [3.8, 4) is 11.1 Å². The Morgan fingerprint density at radius 3 is 2.41 bits per heavy atom. The minimum absolute atomic E-state index is 0.0568. The molecule has 3 aromatic carbocycles. The van der Waals surface area contributed by atoms with Gasteiger partial charge in [-0.15, -0.1) is 0 Å². The average Bonchev–Trinajstić information content (AvgIpc) is 3.78. The highest BCUT2D eigenvalue weighted by atomic mass is 32.2. The van der Waals surface area contributed by atoms with Crippen LogP contribution in [0.4, 0.5) is 5.88 Å². The van der Waals surface area contributed by atoms with Gasteiger partial charge in [-0.1, -0.05) is 85.9 Å². The molecule has 49 heavy (non-hydrogen) atoms. The van der Waals surface area contributed by atoms with Crippen molar-refractivity contribution in [2.45, 2.75) is 89.2 Å². The van der Waals surface area contributed by atoms with Crippen LogP contribution in [0.2, 0.25) is 0 Å². The van der Waals surface area contributed by atoms with Gasteiger partial charge in [0.1, 0.15) is 11.4 Å². The fourth-order valence-electron chi connectivity index (χ4n) is 6.76. The smallest absolute Gasteiger partial charge is 0.264 e. The minimum Gasteiger partial charge on any atom is -0.337 e. The van der Waals surface area contributed by atoms with Crippen molar-refractivity contribution in [1.29, 1.82) is 0 Å². The number of hydrogen-bond donors (Lipinski definition) is 1. The highest BCUT2D eigenvalue weighted by molar-refractivity contribution is 7.92. The molecule has 1 saturated carbocycles. The molecule has 0 bridgehead atoms. The molecule has 4 aromatic rings. The first-order valence-electron chi connectivity index (χ1n) is 16.9. The Morgan fingerprint density at radius 1 is 1.00 bits per heavy atom. The van der Waals surface area contributed by atoms with E-state index in [-0.39, 0.29) is 29.1 Å². The number of amidine groups is 1. The van der Waals surface area contributed by atoms with E-state index in [2.05, 4.69) is 16.8 Å². The molecule has 1 aromatic heterocycles. The monoisotopic (exact) mass is 681 g/mol. The van der Waals surface area contributed by atoms with Crippen LogP contribution in [0, 0.1) is 13.8 Å². The third-order valence-corrected chi connectivity index (χ3v) is 11.0. The van der Waals surface area contributed by atoms with Crippen molar-refractivity contribution in [2.75, 3.05) is 11.8 Å². The first kappa shape index (κ1) is 34.1. The van der Waals surface area contributed by atoms with E-state index < -0.39 is 15.6 Å². The van der Waals surface area contributed by atoms with Gasteiger partial charge in [0, 0.05) is 36.7 Å². The molecule has 2 heterocycles. The number of carbonyl (C=O) groups excluding carboxylic acids is 2. The highest BCUT2D eigenvalue weighted by Gasteiger charge is 2.49. The van der Waals surface area contributed by atoms with Crippen LogP contribution >= 0.6 is 0 Å². The van der Waals surface area contributed by atoms with Crippen LogP contribution in [-0.4, -0.2) is 53.6 Å². The van der Waals surface area contributed by atoms with E-state index in [9.17, 15) is 18.0 Å². The maximum atomic E-state index is 13.9. The van der Waals surface area contributed by atoms with Crippen LogP contribution in [0.25, 0.3) is 11.1 Å².